The van der Waals surface area contributed by atoms with Crippen LogP contribution < -0.4 is 16.0 Å². The Hall–Kier alpha value is -3.26. The van der Waals surface area contributed by atoms with Crippen molar-refractivity contribution in [1.29, 1.82) is 5.26 Å². The normalized spacial score (nSPS) is 14.3. The van der Waals surface area contributed by atoms with E-state index in [1.54, 1.807) is 22.0 Å². The number of nitrogens with zero attached hydrogens (tertiary/aromatic N) is 7. The van der Waals surface area contributed by atoms with Gasteiger partial charge in [-0.15, -0.1) is 22.6 Å². The van der Waals surface area contributed by atoms with Crippen molar-refractivity contribution in [2.45, 2.75) is 38.8 Å². The van der Waals surface area contributed by atoms with Crippen LogP contribution in [0.4, 0.5) is 10.8 Å². The minimum atomic E-state index is 0. The molecule has 9 nitrogen and oxygen atoms in total. The molecule has 0 bridgehead atoms. The van der Waals surface area contributed by atoms with E-state index in [0.717, 1.165) is 64.2 Å². The lowest BCUT2D eigenvalue weighted by Crippen LogP contribution is -2.39. The lowest BCUT2D eigenvalue weighted by molar-refractivity contribution is 0.500. The monoisotopic (exact) mass is 495 g/mol. The summed E-state index contributed by atoms with van der Waals surface area (Å²) in [5, 5.41) is 27.8. The van der Waals surface area contributed by atoms with Crippen molar-refractivity contribution in [3.63, 3.8) is 0 Å². The van der Waals surface area contributed by atoms with Crippen molar-refractivity contribution in [3.8, 4) is 28.0 Å². The van der Waals surface area contributed by atoms with E-state index in [2.05, 4.69) is 45.4 Å². The molecule has 4 aromatic rings. The Labute approximate surface area is 208 Å². The van der Waals surface area contributed by atoms with E-state index in [1.165, 1.54) is 0 Å². The van der Waals surface area contributed by atoms with Gasteiger partial charge in [-0.2, -0.15) is 10.4 Å². The van der Waals surface area contributed by atoms with Crippen LogP contribution in [-0.4, -0.2) is 50.0 Å². The number of hydrogen-bond acceptors (Lipinski definition) is 9. The van der Waals surface area contributed by atoms with Gasteiger partial charge in [0.2, 0.25) is 5.13 Å². The summed E-state index contributed by atoms with van der Waals surface area (Å²) in [6, 6.07) is 10.4. The van der Waals surface area contributed by atoms with Gasteiger partial charge in [0, 0.05) is 37.1 Å². The van der Waals surface area contributed by atoms with Crippen LogP contribution in [0.25, 0.3) is 27.5 Å². The summed E-state index contributed by atoms with van der Waals surface area (Å²) >= 11 is 1.58. The Kier molecular flexibility index (Phi) is 6.97. The molecule has 1 fully saturated rings. The maximum Gasteiger partial charge on any atom is 0.208 e. The molecule has 1 aliphatic rings. The Morgan fingerprint density at radius 2 is 1.97 bits per heavy atom. The second-order valence-electron chi connectivity index (χ2n) is 8.54. The van der Waals surface area contributed by atoms with Crippen LogP contribution in [0.2, 0.25) is 0 Å². The van der Waals surface area contributed by atoms with Gasteiger partial charge in [0.25, 0.3) is 0 Å². The minimum absolute atomic E-state index is 0. The van der Waals surface area contributed by atoms with Gasteiger partial charge >= 0.3 is 0 Å². The van der Waals surface area contributed by atoms with E-state index in [4.69, 9.17) is 16.0 Å². The standard InChI is InChI=1S/C23H25N9S.ClH/c1-14(2)28-19-10-20(21-4-3-17-9-15(11-24)12-27-32(17)21)26-13-18(19)22-29-30-23(33-22)31-7-5-16(25)6-8-31;/h3-4,9-10,12-14,16H,5-8,25H2,1-2H3,(H,26,28);1H. The third-order valence-corrected chi connectivity index (χ3v) is 6.71. The quantitative estimate of drug-likeness (QED) is 0.426. The van der Waals surface area contributed by atoms with Crippen LogP contribution in [-0.2, 0) is 0 Å². The Balaban J connectivity index is 0.00000274. The van der Waals surface area contributed by atoms with Gasteiger partial charge in [-0.05, 0) is 51.0 Å². The first kappa shape index (κ1) is 23.9. The van der Waals surface area contributed by atoms with Gasteiger partial charge in [0.1, 0.15) is 6.07 Å². The summed E-state index contributed by atoms with van der Waals surface area (Å²) in [6.45, 7) is 6.02. The fourth-order valence-corrected chi connectivity index (χ4v) is 4.91. The molecule has 1 aliphatic heterocycles. The highest BCUT2D eigenvalue weighted by molar-refractivity contribution is 7.18. The van der Waals surface area contributed by atoms with E-state index in [1.807, 2.05) is 30.5 Å². The third-order valence-electron chi connectivity index (χ3n) is 5.69. The second kappa shape index (κ2) is 9.93. The molecule has 4 aromatic heterocycles. The van der Waals surface area contributed by atoms with Crippen LogP contribution in [0.1, 0.15) is 32.3 Å². The predicted molar refractivity (Wildman–Crippen MR) is 137 cm³/mol. The number of anilines is 2. The van der Waals surface area contributed by atoms with Crippen molar-refractivity contribution in [2.24, 2.45) is 5.73 Å². The fraction of sp³-hybridized carbons (Fsp3) is 0.348. The van der Waals surface area contributed by atoms with Crippen molar-refractivity contribution in [2.75, 3.05) is 23.3 Å². The molecule has 0 atom stereocenters. The van der Waals surface area contributed by atoms with E-state index in [9.17, 15) is 0 Å². The van der Waals surface area contributed by atoms with Gasteiger partial charge in [-0.25, -0.2) is 4.52 Å². The predicted octanol–water partition coefficient (Wildman–Crippen LogP) is 3.96. The molecular formula is C23H26ClN9S. The molecule has 3 N–H and O–H groups in total. The van der Waals surface area contributed by atoms with Gasteiger partial charge in [0.05, 0.1) is 34.2 Å². The summed E-state index contributed by atoms with van der Waals surface area (Å²) in [7, 11) is 0. The number of nitriles is 1. The smallest absolute Gasteiger partial charge is 0.208 e. The van der Waals surface area contributed by atoms with Crippen molar-refractivity contribution >= 4 is 40.1 Å². The first-order valence-electron chi connectivity index (χ1n) is 11.0. The molecule has 0 radical (unpaired) electrons. The zero-order chi connectivity index (χ0) is 22.9. The average Bonchev–Trinajstić information content (AvgIpc) is 3.46. The lowest BCUT2D eigenvalue weighted by Gasteiger charge is -2.29. The summed E-state index contributed by atoms with van der Waals surface area (Å²) in [5.74, 6) is 0. The van der Waals surface area contributed by atoms with E-state index < -0.39 is 0 Å². The van der Waals surface area contributed by atoms with Gasteiger partial charge in [-0.1, -0.05) is 11.3 Å². The number of nitrogens with two attached hydrogens (primary N) is 1. The zero-order valence-corrected chi connectivity index (χ0v) is 20.6. The highest BCUT2D eigenvalue weighted by Crippen LogP contribution is 2.36. The Bertz CT molecular complexity index is 1330. The summed E-state index contributed by atoms with van der Waals surface area (Å²) in [6.07, 6.45) is 5.36. The van der Waals surface area contributed by atoms with Gasteiger partial charge in [0.15, 0.2) is 5.01 Å². The summed E-state index contributed by atoms with van der Waals surface area (Å²) in [5.41, 5.74) is 10.9. The molecule has 34 heavy (non-hydrogen) atoms. The van der Waals surface area contributed by atoms with Crippen molar-refractivity contribution < 1.29 is 0 Å². The SMILES string of the molecule is CC(C)Nc1cc(-c2ccc3cc(C#N)cnn23)ncc1-c1nnc(N2CCC(N)CC2)s1.Cl. The number of halogens is 1. The first-order chi connectivity index (χ1) is 16.0. The molecular weight excluding hydrogens is 470 g/mol. The minimum Gasteiger partial charge on any atom is -0.382 e. The van der Waals surface area contributed by atoms with E-state index in [-0.39, 0.29) is 24.5 Å². The van der Waals surface area contributed by atoms with Crippen LogP contribution in [0, 0.1) is 11.3 Å². The van der Waals surface area contributed by atoms with Crippen LogP contribution in [0.15, 0.2) is 36.7 Å². The van der Waals surface area contributed by atoms with E-state index in [0.29, 0.717) is 5.56 Å². The Morgan fingerprint density at radius 1 is 1.18 bits per heavy atom. The number of hydrogen-bond donors (Lipinski definition) is 2. The molecule has 5 heterocycles. The number of nitrogens with one attached hydrogen (secondary N) is 1. The summed E-state index contributed by atoms with van der Waals surface area (Å²) in [4.78, 5) is 6.99. The maximum atomic E-state index is 9.14. The van der Waals surface area contributed by atoms with Crippen LogP contribution in [0.5, 0.6) is 0 Å². The zero-order valence-electron chi connectivity index (χ0n) is 19.0. The second-order valence-corrected chi connectivity index (χ2v) is 9.50. The number of piperidine rings is 1. The molecule has 0 spiro atoms. The largest absolute Gasteiger partial charge is 0.382 e. The molecule has 0 aromatic carbocycles. The van der Waals surface area contributed by atoms with Crippen LogP contribution in [0.3, 0.4) is 0 Å². The topological polar surface area (TPSA) is 121 Å². The van der Waals surface area contributed by atoms with E-state index >= 15 is 0 Å². The molecule has 5 rings (SSSR count). The van der Waals surface area contributed by atoms with Crippen molar-refractivity contribution in [3.05, 3.63) is 42.2 Å². The molecule has 1 saturated heterocycles. The molecule has 11 heteroatoms. The fourth-order valence-electron chi connectivity index (χ4n) is 3.99. The van der Waals surface area contributed by atoms with Gasteiger partial charge < -0.3 is 16.0 Å². The molecule has 0 aliphatic carbocycles. The summed E-state index contributed by atoms with van der Waals surface area (Å²) < 4.78 is 1.80. The van der Waals surface area contributed by atoms with Crippen molar-refractivity contribution in [1.82, 2.24) is 24.8 Å². The number of aromatic nitrogens is 5. The highest BCUT2D eigenvalue weighted by Gasteiger charge is 2.21. The molecule has 0 saturated carbocycles. The van der Waals surface area contributed by atoms with Gasteiger partial charge in [-0.3, -0.25) is 4.98 Å². The molecule has 0 amide bonds. The number of fused-ring (bicyclic) bond motifs is 1. The molecule has 176 valence electrons. The first-order valence-corrected chi connectivity index (χ1v) is 11.8. The highest BCUT2D eigenvalue weighted by atomic mass is 35.5. The number of pyridine rings is 1. The molecule has 0 unspecified atom stereocenters. The third kappa shape index (κ3) is 4.68. The maximum absolute atomic E-state index is 9.14. The number of rotatable bonds is 5. The average molecular weight is 496 g/mol. The Morgan fingerprint density at radius 3 is 2.71 bits per heavy atom. The van der Waals surface area contributed by atoms with Crippen LogP contribution >= 0.6 is 23.7 Å². The lowest BCUT2D eigenvalue weighted by atomic mass is 10.1.